The first-order chi connectivity index (χ1) is 7.18. The van der Waals surface area contributed by atoms with E-state index in [1.807, 2.05) is 42.5 Å². The molecular weight excluding hydrogens is 256 g/mol. The fraction of sp³-hybridized carbons (Fsp3) is 0.0833. The molecule has 2 aromatic carbocycles. The van der Waals surface area contributed by atoms with E-state index in [9.17, 15) is 4.79 Å². The van der Waals surface area contributed by atoms with Crippen molar-refractivity contribution in [2.24, 2.45) is 0 Å². The van der Waals surface area contributed by atoms with Crippen molar-refractivity contribution in [1.29, 1.82) is 0 Å². The molecule has 0 amide bonds. The summed E-state index contributed by atoms with van der Waals surface area (Å²) in [7, 11) is 0. The summed E-state index contributed by atoms with van der Waals surface area (Å²) >= 11 is 3.14. The van der Waals surface area contributed by atoms with Gasteiger partial charge in [0.25, 0.3) is 0 Å². The highest BCUT2D eigenvalue weighted by Gasteiger charge is 2.15. The summed E-state index contributed by atoms with van der Waals surface area (Å²) in [5.41, 5.74) is 0.765. The van der Waals surface area contributed by atoms with Gasteiger partial charge in [0, 0.05) is 0 Å². The first-order valence-corrected chi connectivity index (χ1v) is 5.45. The number of alkyl halides is 1. The van der Waals surface area contributed by atoms with E-state index in [4.69, 9.17) is 5.11 Å². The number of carboxylic acid groups (broad SMARTS) is 1. The molecule has 15 heavy (non-hydrogen) atoms. The van der Waals surface area contributed by atoms with Gasteiger partial charge in [-0.1, -0.05) is 52.3 Å². The Labute approximate surface area is 95.7 Å². The minimum atomic E-state index is -0.870. The van der Waals surface area contributed by atoms with Gasteiger partial charge in [-0.3, -0.25) is 4.79 Å². The van der Waals surface area contributed by atoms with E-state index in [0.29, 0.717) is 0 Å². The quantitative estimate of drug-likeness (QED) is 0.845. The Morgan fingerprint density at radius 2 is 1.80 bits per heavy atom. The summed E-state index contributed by atoms with van der Waals surface area (Å²) in [6, 6.07) is 13.5. The Hall–Kier alpha value is -1.35. The summed E-state index contributed by atoms with van der Waals surface area (Å²) in [5.74, 6) is -0.870. The highest BCUT2D eigenvalue weighted by molar-refractivity contribution is 9.09. The normalized spacial score (nSPS) is 12.6. The number of hydrogen-bond donors (Lipinski definition) is 1. The topological polar surface area (TPSA) is 37.3 Å². The standard InChI is InChI=1S/C12H9BrO2/c13-11(12(14)15)10-6-5-8-3-1-2-4-9(8)7-10/h1-7,11H,(H,14,15). The van der Waals surface area contributed by atoms with E-state index in [1.54, 1.807) is 0 Å². The number of rotatable bonds is 2. The lowest BCUT2D eigenvalue weighted by atomic mass is 10.1. The summed E-state index contributed by atoms with van der Waals surface area (Å²) < 4.78 is 0. The van der Waals surface area contributed by atoms with Gasteiger partial charge in [-0.25, -0.2) is 0 Å². The van der Waals surface area contributed by atoms with Crippen LogP contribution in [0.5, 0.6) is 0 Å². The van der Waals surface area contributed by atoms with Gasteiger partial charge < -0.3 is 5.11 Å². The largest absolute Gasteiger partial charge is 0.480 e. The van der Waals surface area contributed by atoms with Crippen LogP contribution in [0.1, 0.15) is 10.4 Å². The second-order valence-corrected chi connectivity index (χ2v) is 4.22. The summed E-state index contributed by atoms with van der Waals surface area (Å²) in [6.45, 7) is 0. The Kier molecular flexibility index (Phi) is 2.73. The van der Waals surface area contributed by atoms with Crippen molar-refractivity contribution in [1.82, 2.24) is 0 Å². The van der Waals surface area contributed by atoms with Crippen LogP contribution in [-0.2, 0) is 4.79 Å². The lowest BCUT2D eigenvalue weighted by molar-refractivity contribution is -0.136. The van der Waals surface area contributed by atoms with Crippen LogP contribution in [0.2, 0.25) is 0 Å². The van der Waals surface area contributed by atoms with Crippen LogP contribution in [0.25, 0.3) is 10.8 Å². The van der Waals surface area contributed by atoms with Crippen molar-refractivity contribution in [2.45, 2.75) is 4.83 Å². The molecule has 1 atom stereocenters. The molecule has 0 aliphatic rings. The third-order valence-corrected chi connectivity index (χ3v) is 3.20. The second kappa shape index (κ2) is 4.03. The van der Waals surface area contributed by atoms with Gasteiger partial charge in [0.05, 0.1) is 0 Å². The molecule has 0 aliphatic heterocycles. The summed E-state index contributed by atoms with van der Waals surface area (Å²) in [6.07, 6.45) is 0. The average molecular weight is 265 g/mol. The first-order valence-electron chi connectivity index (χ1n) is 4.54. The maximum absolute atomic E-state index is 10.8. The number of halogens is 1. The van der Waals surface area contributed by atoms with Crippen molar-refractivity contribution in [3.63, 3.8) is 0 Å². The summed E-state index contributed by atoms with van der Waals surface area (Å²) in [4.78, 5) is 10.2. The summed E-state index contributed by atoms with van der Waals surface area (Å²) in [5, 5.41) is 11.0. The highest BCUT2D eigenvalue weighted by atomic mass is 79.9. The number of aliphatic carboxylic acids is 1. The molecule has 3 heteroatoms. The molecule has 0 saturated carbocycles. The zero-order valence-electron chi connectivity index (χ0n) is 7.85. The van der Waals surface area contributed by atoms with E-state index in [-0.39, 0.29) is 0 Å². The van der Waals surface area contributed by atoms with Crippen molar-refractivity contribution < 1.29 is 9.90 Å². The number of benzene rings is 2. The van der Waals surface area contributed by atoms with Crippen molar-refractivity contribution >= 4 is 32.7 Å². The van der Waals surface area contributed by atoms with Gasteiger partial charge in [0.15, 0.2) is 0 Å². The maximum Gasteiger partial charge on any atom is 0.321 e. The van der Waals surface area contributed by atoms with Crippen LogP contribution >= 0.6 is 15.9 Å². The monoisotopic (exact) mass is 264 g/mol. The molecule has 0 saturated heterocycles. The highest BCUT2D eigenvalue weighted by Crippen LogP contribution is 2.26. The molecule has 0 radical (unpaired) electrons. The molecule has 0 fully saturated rings. The van der Waals surface area contributed by atoms with E-state index in [1.165, 1.54) is 0 Å². The Morgan fingerprint density at radius 3 is 2.47 bits per heavy atom. The minimum Gasteiger partial charge on any atom is -0.480 e. The van der Waals surface area contributed by atoms with Gasteiger partial charge in [-0.05, 0) is 22.4 Å². The SMILES string of the molecule is O=C(O)C(Br)c1ccc2ccccc2c1. The fourth-order valence-corrected chi connectivity index (χ4v) is 1.79. The van der Waals surface area contributed by atoms with E-state index in [2.05, 4.69) is 15.9 Å². The number of carboxylic acids is 1. The Morgan fingerprint density at radius 1 is 1.13 bits per heavy atom. The molecule has 0 heterocycles. The maximum atomic E-state index is 10.8. The Balaban J connectivity index is 2.51. The predicted octanol–water partition coefficient (Wildman–Crippen LogP) is 3.36. The van der Waals surface area contributed by atoms with E-state index >= 15 is 0 Å². The zero-order chi connectivity index (χ0) is 10.8. The number of fused-ring (bicyclic) bond motifs is 1. The van der Waals surface area contributed by atoms with Gasteiger partial charge >= 0.3 is 5.97 Å². The van der Waals surface area contributed by atoms with Crippen molar-refractivity contribution in [3.8, 4) is 0 Å². The van der Waals surface area contributed by atoms with Crippen LogP contribution in [-0.4, -0.2) is 11.1 Å². The second-order valence-electron chi connectivity index (χ2n) is 3.31. The molecule has 1 unspecified atom stereocenters. The van der Waals surface area contributed by atoms with E-state index in [0.717, 1.165) is 16.3 Å². The van der Waals surface area contributed by atoms with Crippen LogP contribution < -0.4 is 0 Å². The van der Waals surface area contributed by atoms with Crippen LogP contribution in [0.4, 0.5) is 0 Å². The molecule has 2 nitrogen and oxygen atoms in total. The minimum absolute atomic E-state index is 0.637. The van der Waals surface area contributed by atoms with Crippen LogP contribution in [0.15, 0.2) is 42.5 Å². The average Bonchev–Trinajstić information content (AvgIpc) is 2.27. The van der Waals surface area contributed by atoms with E-state index < -0.39 is 10.8 Å². The fourth-order valence-electron chi connectivity index (χ4n) is 1.51. The van der Waals surface area contributed by atoms with Gasteiger partial charge in [0.2, 0.25) is 0 Å². The third kappa shape index (κ3) is 2.02. The molecule has 2 aromatic rings. The van der Waals surface area contributed by atoms with Gasteiger partial charge in [-0.15, -0.1) is 0 Å². The number of hydrogen-bond acceptors (Lipinski definition) is 1. The molecule has 0 aliphatic carbocycles. The number of carbonyl (C=O) groups is 1. The Bertz CT molecular complexity index is 508. The molecule has 1 N–H and O–H groups in total. The van der Waals surface area contributed by atoms with Crippen LogP contribution in [0.3, 0.4) is 0 Å². The molecule has 0 bridgehead atoms. The molecule has 0 aromatic heterocycles. The molecular formula is C12H9BrO2. The third-order valence-electron chi connectivity index (χ3n) is 2.28. The van der Waals surface area contributed by atoms with Crippen LogP contribution in [0, 0.1) is 0 Å². The zero-order valence-corrected chi connectivity index (χ0v) is 9.44. The first kappa shape index (κ1) is 10.2. The van der Waals surface area contributed by atoms with Crippen molar-refractivity contribution in [2.75, 3.05) is 0 Å². The van der Waals surface area contributed by atoms with Gasteiger partial charge in [0.1, 0.15) is 4.83 Å². The smallest absolute Gasteiger partial charge is 0.321 e. The molecule has 2 rings (SSSR count). The van der Waals surface area contributed by atoms with Gasteiger partial charge in [-0.2, -0.15) is 0 Å². The lowest BCUT2D eigenvalue weighted by Gasteiger charge is -2.06. The predicted molar refractivity (Wildman–Crippen MR) is 63.3 cm³/mol. The molecule has 0 spiro atoms. The molecule has 76 valence electrons. The lowest BCUT2D eigenvalue weighted by Crippen LogP contribution is -2.03. The van der Waals surface area contributed by atoms with Crippen molar-refractivity contribution in [3.05, 3.63) is 48.0 Å².